The zero-order valence-corrected chi connectivity index (χ0v) is 10.9. The van der Waals surface area contributed by atoms with Crippen LogP contribution in [0.15, 0.2) is 36.8 Å². The van der Waals surface area contributed by atoms with Crippen molar-refractivity contribution in [2.24, 2.45) is 0 Å². The number of hydrogen-bond donors (Lipinski definition) is 1. The van der Waals surface area contributed by atoms with Crippen LogP contribution in [0.3, 0.4) is 0 Å². The van der Waals surface area contributed by atoms with E-state index < -0.39 is 0 Å². The first kappa shape index (κ1) is 12.9. The average Bonchev–Trinajstić information content (AvgIpc) is 2.46. The number of rotatable bonds is 4. The minimum absolute atomic E-state index is 0.166. The van der Waals surface area contributed by atoms with E-state index >= 15 is 0 Å². The second-order valence-electron chi connectivity index (χ2n) is 4.14. The Balaban J connectivity index is 1.99. The molecule has 2 aromatic heterocycles. The molecule has 0 fully saturated rings. The predicted molar refractivity (Wildman–Crippen MR) is 71.8 cm³/mol. The summed E-state index contributed by atoms with van der Waals surface area (Å²) in [6, 6.07) is 5.13. The van der Waals surface area contributed by atoms with Crippen LogP contribution in [0.4, 0.5) is 5.82 Å². The van der Waals surface area contributed by atoms with Crippen molar-refractivity contribution in [1.29, 1.82) is 0 Å². The first-order chi connectivity index (χ1) is 9.16. The number of pyridine rings is 1. The molecule has 0 unspecified atom stereocenters. The molecule has 2 rings (SSSR count). The summed E-state index contributed by atoms with van der Waals surface area (Å²) in [6.07, 6.45) is 4.84. The van der Waals surface area contributed by atoms with E-state index in [1.54, 1.807) is 30.7 Å². The highest BCUT2D eigenvalue weighted by Crippen LogP contribution is 2.05. The van der Waals surface area contributed by atoms with Gasteiger partial charge < -0.3 is 10.2 Å². The Kier molecular flexibility index (Phi) is 4.02. The molecule has 0 saturated carbocycles. The molecule has 2 aromatic rings. The molecule has 1 amide bonds. The molecule has 0 aliphatic rings. The molecule has 6 nitrogen and oxygen atoms in total. The van der Waals surface area contributed by atoms with Crippen molar-refractivity contribution in [3.05, 3.63) is 48.2 Å². The standard InChI is InChI=1S/C13H15N5O/c1-18(2)12-5-8-15-11(17-12)9-16-13(19)10-3-6-14-7-4-10/h3-8H,9H2,1-2H3,(H,16,19). The molecule has 19 heavy (non-hydrogen) atoms. The van der Waals surface area contributed by atoms with Crippen LogP contribution in [0, 0.1) is 0 Å². The molecule has 2 heterocycles. The van der Waals surface area contributed by atoms with E-state index in [1.165, 1.54) is 0 Å². The maximum absolute atomic E-state index is 11.8. The van der Waals surface area contributed by atoms with Crippen LogP contribution in [0.1, 0.15) is 16.2 Å². The van der Waals surface area contributed by atoms with Gasteiger partial charge in [-0.05, 0) is 18.2 Å². The highest BCUT2D eigenvalue weighted by Gasteiger charge is 2.06. The summed E-state index contributed by atoms with van der Waals surface area (Å²) in [6.45, 7) is 0.294. The quantitative estimate of drug-likeness (QED) is 0.880. The predicted octanol–water partition coefficient (Wildman–Crippen LogP) is 0.868. The topological polar surface area (TPSA) is 71.0 Å². The van der Waals surface area contributed by atoms with Gasteiger partial charge in [-0.1, -0.05) is 0 Å². The molecule has 0 saturated heterocycles. The molecule has 98 valence electrons. The highest BCUT2D eigenvalue weighted by molar-refractivity contribution is 5.93. The molecule has 6 heteroatoms. The van der Waals surface area contributed by atoms with E-state index in [2.05, 4.69) is 20.3 Å². The maximum Gasteiger partial charge on any atom is 0.251 e. The van der Waals surface area contributed by atoms with Crippen LogP contribution in [-0.4, -0.2) is 35.0 Å². The summed E-state index contributed by atoms with van der Waals surface area (Å²) in [5, 5.41) is 2.77. The van der Waals surface area contributed by atoms with Crippen LogP contribution in [-0.2, 0) is 6.54 Å². The third kappa shape index (κ3) is 3.48. The second-order valence-corrected chi connectivity index (χ2v) is 4.14. The first-order valence-corrected chi connectivity index (χ1v) is 5.84. The molecule has 0 aliphatic carbocycles. The number of amides is 1. The minimum atomic E-state index is -0.166. The number of carbonyl (C=O) groups excluding carboxylic acids is 1. The summed E-state index contributed by atoms with van der Waals surface area (Å²) in [4.78, 5) is 26.0. The number of hydrogen-bond acceptors (Lipinski definition) is 5. The molecule has 0 radical (unpaired) electrons. The summed E-state index contributed by atoms with van der Waals surface area (Å²) < 4.78 is 0. The van der Waals surface area contributed by atoms with Crippen LogP contribution in [0.2, 0.25) is 0 Å². The zero-order chi connectivity index (χ0) is 13.7. The molecular formula is C13H15N5O. The third-order valence-electron chi connectivity index (χ3n) is 2.50. The number of anilines is 1. The van der Waals surface area contributed by atoms with Gasteiger partial charge in [0.25, 0.3) is 5.91 Å². The van der Waals surface area contributed by atoms with Gasteiger partial charge in [-0.15, -0.1) is 0 Å². The SMILES string of the molecule is CN(C)c1ccnc(CNC(=O)c2ccncc2)n1. The van der Waals surface area contributed by atoms with Gasteiger partial charge in [0.05, 0.1) is 6.54 Å². The van der Waals surface area contributed by atoms with Crippen LogP contribution in [0.5, 0.6) is 0 Å². The van der Waals surface area contributed by atoms with Gasteiger partial charge >= 0.3 is 0 Å². The van der Waals surface area contributed by atoms with Crippen molar-refractivity contribution in [1.82, 2.24) is 20.3 Å². The van der Waals surface area contributed by atoms with Gasteiger partial charge in [0, 0.05) is 38.2 Å². The molecular weight excluding hydrogens is 242 g/mol. The normalized spacial score (nSPS) is 10.0. The lowest BCUT2D eigenvalue weighted by atomic mass is 10.2. The smallest absolute Gasteiger partial charge is 0.251 e. The Labute approximate surface area is 111 Å². The first-order valence-electron chi connectivity index (χ1n) is 5.84. The average molecular weight is 257 g/mol. The Morgan fingerprint density at radius 1 is 1.21 bits per heavy atom. The van der Waals surface area contributed by atoms with Gasteiger partial charge in [0.15, 0.2) is 0 Å². The Bertz CT molecular complexity index is 556. The second kappa shape index (κ2) is 5.90. The van der Waals surface area contributed by atoms with Crippen LogP contribution in [0.25, 0.3) is 0 Å². The number of nitrogens with zero attached hydrogens (tertiary/aromatic N) is 4. The molecule has 0 bridgehead atoms. The Morgan fingerprint density at radius 2 is 1.95 bits per heavy atom. The minimum Gasteiger partial charge on any atom is -0.363 e. The van der Waals surface area contributed by atoms with E-state index in [9.17, 15) is 4.79 Å². The lowest BCUT2D eigenvalue weighted by Crippen LogP contribution is -2.24. The summed E-state index contributed by atoms with van der Waals surface area (Å²) >= 11 is 0. The van der Waals surface area contributed by atoms with Crippen molar-refractivity contribution in [3.63, 3.8) is 0 Å². The fraction of sp³-hybridized carbons (Fsp3) is 0.231. The Morgan fingerprint density at radius 3 is 2.63 bits per heavy atom. The summed E-state index contributed by atoms with van der Waals surface area (Å²) in [5.74, 6) is 1.22. The van der Waals surface area contributed by atoms with Crippen LogP contribution < -0.4 is 10.2 Å². The van der Waals surface area contributed by atoms with Crippen molar-refractivity contribution in [2.75, 3.05) is 19.0 Å². The fourth-order valence-corrected chi connectivity index (χ4v) is 1.49. The maximum atomic E-state index is 11.8. The van der Waals surface area contributed by atoms with Gasteiger partial charge in [-0.3, -0.25) is 9.78 Å². The van der Waals surface area contributed by atoms with Crippen molar-refractivity contribution >= 4 is 11.7 Å². The highest BCUT2D eigenvalue weighted by atomic mass is 16.1. The van der Waals surface area contributed by atoms with E-state index in [4.69, 9.17) is 0 Å². The Hall–Kier alpha value is -2.50. The van der Waals surface area contributed by atoms with Gasteiger partial charge in [0.2, 0.25) is 0 Å². The number of nitrogens with one attached hydrogen (secondary N) is 1. The van der Waals surface area contributed by atoms with Crippen molar-refractivity contribution in [2.45, 2.75) is 6.54 Å². The lowest BCUT2D eigenvalue weighted by molar-refractivity contribution is 0.0950. The largest absolute Gasteiger partial charge is 0.363 e. The van der Waals surface area contributed by atoms with E-state index in [1.807, 2.05) is 25.1 Å². The monoisotopic (exact) mass is 257 g/mol. The molecule has 1 N–H and O–H groups in total. The summed E-state index contributed by atoms with van der Waals surface area (Å²) in [5.41, 5.74) is 0.568. The summed E-state index contributed by atoms with van der Waals surface area (Å²) in [7, 11) is 3.81. The zero-order valence-electron chi connectivity index (χ0n) is 10.9. The van der Waals surface area contributed by atoms with E-state index in [0.29, 0.717) is 17.9 Å². The van der Waals surface area contributed by atoms with Crippen molar-refractivity contribution in [3.8, 4) is 0 Å². The van der Waals surface area contributed by atoms with Gasteiger partial charge in [0.1, 0.15) is 11.6 Å². The number of aromatic nitrogens is 3. The molecule has 0 aromatic carbocycles. The van der Waals surface area contributed by atoms with Gasteiger partial charge in [-0.25, -0.2) is 9.97 Å². The van der Waals surface area contributed by atoms with Gasteiger partial charge in [-0.2, -0.15) is 0 Å². The molecule has 0 spiro atoms. The van der Waals surface area contributed by atoms with Crippen molar-refractivity contribution < 1.29 is 4.79 Å². The lowest BCUT2D eigenvalue weighted by Gasteiger charge is -2.11. The molecule has 0 aliphatic heterocycles. The number of carbonyl (C=O) groups is 1. The third-order valence-corrected chi connectivity index (χ3v) is 2.50. The van der Waals surface area contributed by atoms with E-state index in [0.717, 1.165) is 5.82 Å². The van der Waals surface area contributed by atoms with E-state index in [-0.39, 0.29) is 5.91 Å². The molecule has 0 atom stereocenters. The van der Waals surface area contributed by atoms with Crippen LogP contribution >= 0.6 is 0 Å². The fourth-order valence-electron chi connectivity index (χ4n) is 1.49.